The molecule has 0 aromatic carbocycles. The van der Waals surface area contributed by atoms with Gasteiger partial charge < -0.3 is 14.5 Å². The van der Waals surface area contributed by atoms with Gasteiger partial charge in [-0.2, -0.15) is 0 Å². The summed E-state index contributed by atoms with van der Waals surface area (Å²) in [6, 6.07) is 3.57. The minimum Gasteiger partial charge on any atom is -0.378 e. The fraction of sp³-hybridized carbons (Fsp3) is 0.526. The molecule has 148 valence electrons. The van der Waals surface area contributed by atoms with Crippen molar-refractivity contribution >= 4 is 11.8 Å². The van der Waals surface area contributed by atoms with Gasteiger partial charge in [-0.05, 0) is 30.9 Å². The highest BCUT2D eigenvalue weighted by molar-refractivity contribution is 5.94. The highest BCUT2D eigenvalue weighted by Crippen LogP contribution is 2.20. The lowest BCUT2D eigenvalue weighted by molar-refractivity contribution is 0.0299. The average molecular weight is 384 g/mol. The van der Waals surface area contributed by atoms with Gasteiger partial charge in [0.15, 0.2) is 5.69 Å². The number of ether oxygens (including phenoxy) is 1. The lowest BCUT2D eigenvalue weighted by atomic mass is 9.97. The first-order valence-electron chi connectivity index (χ1n) is 9.67. The number of carbonyl (C=O) groups is 2. The molecule has 2 amide bonds. The molecular formula is C19H24N6O3. The van der Waals surface area contributed by atoms with Gasteiger partial charge >= 0.3 is 0 Å². The molecule has 0 radical (unpaired) electrons. The van der Waals surface area contributed by atoms with Crippen LogP contribution in [0.15, 0.2) is 30.7 Å². The summed E-state index contributed by atoms with van der Waals surface area (Å²) in [5, 5.41) is 8.18. The summed E-state index contributed by atoms with van der Waals surface area (Å²) in [4.78, 5) is 32.8. The number of piperidine rings is 1. The zero-order valence-electron chi connectivity index (χ0n) is 15.7. The predicted molar refractivity (Wildman–Crippen MR) is 99.6 cm³/mol. The molecule has 0 bridgehead atoms. The number of morpholine rings is 1. The molecule has 2 fully saturated rings. The molecular weight excluding hydrogens is 360 g/mol. The number of carbonyl (C=O) groups excluding carboxylic acids is 2. The molecule has 4 rings (SSSR count). The number of likely N-dealkylation sites (tertiary alicyclic amines) is 1. The SMILES string of the molecule is O=C(c1cccnc1)N1CCC[C@@H](Cn2cc(C(=O)N3CCOCC3)nn2)C1. The normalized spacial score (nSPS) is 20.2. The van der Waals surface area contributed by atoms with Gasteiger partial charge in [-0.15, -0.1) is 5.10 Å². The van der Waals surface area contributed by atoms with Crippen LogP contribution in [0.1, 0.15) is 33.7 Å². The van der Waals surface area contributed by atoms with E-state index in [1.807, 2.05) is 4.90 Å². The van der Waals surface area contributed by atoms with E-state index >= 15 is 0 Å². The van der Waals surface area contributed by atoms with Crippen LogP contribution in [0.25, 0.3) is 0 Å². The molecule has 2 saturated heterocycles. The van der Waals surface area contributed by atoms with Gasteiger partial charge in [-0.3, -0.25) is 19.3 Å². The maximum Gasteiger partial charge on any atom is 0.276 e. The first kappa shape index (κ1) is 18.5. The molecule has 0 saturated carbocycles. The molecule has 1 atom stereocenters. The summed E-state index contributed by atoms with van der Waals surface area (Å²) in [7, 11) is 0. The highest BCUT2D eigenvalue weighted by Gasteiger charge is 2.26. The Bertz CT molecular complexity index is 818. The van der Waals surface area contributed by atoms with Crippen LogP contribution < -0.4 is 0 Å². The molecule has 28 heavy (non-hydrogen) atoms. The van der Waals surface area contributed by atoms with Crippen LogP contribution in [-0.4, -0.2) is 81.0 Å². The third-order valence-corrected chi connectivity index (χ3v) is 5.22. The molecule has 0 unspecified atom stereocenters. The topological polar surface area (TPSA) is 93.5 Å². The molecule has 4 heterocycles. The quantitative estimate of drug-likeness (QED) is 0.770. The van der Waals surface area contributed by atoms with Crippen LogP contribution in [0.3, 0.4) is 0 Å². The van der Waals surface area contributed by atoms with E-state index in [-0.39, 0.29) is 17.7 Å². The standard InChI is InChI=1S/C19H24N6O3/c26-18(16-4-1-5-20-11-16)24-6-2-3-15(12-24)13-25-14-17(21-22-25)19(27)23-7-9-28-10-8-23/h1,4-5,11,14-15H,2-3,6-10,12-13H2/t15-/m1/s1. The van der Waals surface area contributed by atoms with E-state index in [0.29, 0.717) is 50.7 Å². The molecule has 2 aromatic heterocycles. The van der Waals surface area contributed by atoms with Crippen molar-refractivity contribution in [1.29, 1.82) is 0 Å². The van der Waals surface area contributed by atoms with Crippen molar-refractivity contribution in [1.82, 2.24) is 29.8 Å². The van der Waals surface area contributed by atoms with Crippen molar-refractivity contribution in [2.45, 2.75) is 19.4 Å². The maximum atomic E-state index is 12.7. The van der Waals surface area contributed by atoms with Crippen LogP contribution in [0.2, 0.25) is 0 Å². The van der Waals surface area contributed by atoms with Crippen LogP contribution in [-0.2, 0) is 11.3 Å². The van der Waals surface area contributed by atoms with Gasteiger partial charge in [0.05, 0.1) is 25.0 Å². The van der Waals surface area contributed by atoms with Gasteiger partial charge in [0.1, 0.15) is 0 Å². The molecule has 2 aliphatic rings. The number of hydrogen-bond donors (Lipinski definition) is 0. The van der Waals surface area contributed by atoms with E-state index in [4.69, 9.17) is 4.74 Å². The number of nitrogens with zero attached hydrogens (tertiary/aromatic N) is 6. The van der Waals surface area contributed by atoms with E-state index < -0.39 is 0 Å². The Balaban J connectivity index is 1.36. The Labute approximate surface area is 163 Å². The summed E-state index contributed by atoms with van der Waals surface area (Å²) in [6.07, 6.45) is 6.94. The average Bonchev–Trinajstić information content (AvgIpc) is 3.22. The highest BCUT2D eigenvalue weighted by atomic mass is 16.5. The van der Waals surface area contributed by atoms with E-state index in [9.17, 15) is 9.59 Å². The number of hydrogen-bond acceptors (Lipinski definition) is 6. The van der Waals surface area contributed by atoms with Crippen molar-refractivity contribution in [3.63, 3.8) is 0 Å². The predicted octanol–water partition coefficient (Wildman–Crippen LogP) is 0.698. The Morgan fingerprint density at radius 2 is 2.00 bits per heavy atom. The van der Waals surface area contributed by atoms with Gasteiger partial charge in [-0.1, -0.05) is 5.21 Å². The van der Waals surface area contributed by atoms with Crippen LogP contribution >= 0.6 is 0 Å². The monoisotopic (exact) mass is 384 g/mol. The fourth-order valence-corrected chi connectivity index (χ4v) is 3.75. The van der Waals surface area contributed by atoms with E-state index in [2.05, 4.69) is 15.3 Å². The molecule has 0 aliphatic carbocycles. The maximum absolute atomic E-state index is 12.7. The lowest BCUT2D eigenvalue weighted by Gasteiger charge is -2.32. The van der Waals surface area contributed by atoms with Gasteiger partial charge in [0, 0.05) is 45.1 Å². The van der Waals surface area contributed by atoms with Crippen molar-refractivity contribution < 1.29 is 14.3 Å². The summed E-state index contributed by atoms with van der Waals surface area (Å²) in [5.74, 6) is 0.188. The minimum atomic E-state index is -0.105. The smallest absolute Gasteiger partial charge is 0.276 e. The molecule has 0 spiro atoms. The van der Waals surface area contributed by atoms with Gasteiger partial charge in [0.2, 0.25) is 0 Å². The zero-order valence-corrected chi connectivity index (χ0v) is 15.7. The van der Waals surface area contributed by atoms with E-state index in [1.165, 1.54) is 0 Å². The van der Waals surface area contributed by atoms with Gasteiger partial charge in [-0.25, -0.2) is 0 Å². The second kappa shape index (κ2) is 8.47. The van der Waals surface area contributed by atoms with Crippen LogP contribution in [0, 0.1) is 5.92 Å². The molecule has 9 nitrogen and oxygen atoms in total. The van der Waals surface area contributed by atoms with E-state index in [0.717, 1.165) is 19.4 Å². The number of aromatic nitrogens is 4. The molecule has 2 aliphatic heterocycles. The van der Waals surface area contributed by atoms with Crippen molar-refractivity contribution in [2.75, 3.05) is 39.4 Å². The van der Waals surface area contributed by atoms with Crippen LogP contribution in [0.5, 0.6) is 0 Å². The molecule has 0 N–H and O–H groups in total. The Morgan fingerprint density at radius 1 is 1.14 bits per heavy atom. The number of rotatable bonds is 4. The molecule has 9 heteroatoms. The molecule has 2 aromatic rings. The minimum absolute atomic E-state index is 0.0135. The van der Waals surface area contributed by atoms with Crippen molar-refractivity contribution in [3.8, 4) is 0 Å². The third kappa shape index (κ3) is 4.19. The Hall–Kier alpha value is -2.81. The first-order chi connectivity index (χ1) is 13.7. The van der Waals surface area contributed by atoms with Gasteiger partial charge in [0.25, 0.3) is 11.8 Å². The zero-order chi connectivity index (χ0) is 19.3. The largest absolute Gasteiger partial charge is 0.378 e. The summed E-state index contributed by atoms with van der Waals surface area (Å²) < 4.78 is 7.00. The summed E-state index contributed by atoms with van der Waals surface area (Å²) >= 11 is 0. The first-order valence-corrected chi connectivity index (χ1v) is 9.67. The summed E-state index contributed by atoms with van der Waals surface area (Å²) in [5.41, 5.74) is 0.975. The second-order valence-electron chi connectivity index (χ2n) is 7.23. The van der Waals surface area contributed by atoms with Crippen LogP contribution in [0.4, 0.5) is 0 Å². The number of pyridine rings is 1. The Kier molecular flexibility index (Phi) is 5.61. The fourth-order valence-electron chi connectivity index (χ4n) is 3.75. The van der Waals surface area contributed by atoms with E-state index in [1.54, 1.807) is 40.3 Å². The second-order valence-corrected chi connectivity index (χ2v) is 7.23. The number of amides is 2. The third-order valence-electron chi connectivity index (χ3n) is 5.22. The van der Waals surface area contributed by atoms with Crippen molar-refractivity contribution in [2.24, 2.45) is 5.92 Å². The summed E-state index contributed by atoms with van der Waals surface area (Å²) in [6.45, 7) is 4.34. The van der Waals surface area contributed by atoms with Crippen molar-refractivity contribution in [3.05, 3.63) is 42.0 Å². The lowest BCUT2D eigenvalue weighted by Crippen LogP contribution is -2.41. The Morgan fingerprint density at radius 3 is 2.79 bits per heavy atom.